The van der Waals surface area contributed by atoms with Gasteiger partial charge in [-0.3, -0.25) is 4.90 Å². The predicted molar refractivity (Wildman–Crippen MR) is 80.0 cm³/mol. The molecule has 1 fully saturated rings. The highest BCUT2D eigenvalue weighted by atomic mass is 16.3. The van der Waals surface area contributed by atoms with Gasteiger partial charge in [0.2, 0.25) is 0 Å². The standard InChI is InChI=1S/C17H22N2O/c1-2-8-17(14-20)9-5-10-19(13-17)12-16-7-4-3-6-15(16)11-18/h2-4,6-7,20H,1,5,8-10,12-14H2/t17-/m0/s1. The zero-order valence-electron chi connectivity index (χ0n) is 11.9. The summed E-state index contributed by atoms with van der Waals surface area (Å²) in [6.07, 6.45) is 4.89. The molecule has 3 heteroatoms. The monoisotopic (exact) mass is 270 g/mol. The van der Waals surface area contributed by atoms with Crippen LogP contribution in [-0.2, 0) is 6.54 Å². The quantitative estimate of drug-likeness (QED) is 0.837. The van der Waals surface area contributed by atoms with Crippen molar-refractivity contribution in [3.63, 3.8) is 0 Å². The van der Waals surface area contributed by atoms with E-state index >= 15 is 0 Å². The van der Waals surface area contributed by atoms with Crippen molar-refractivity contribution in [2.75, 3.05) is 19.7 Å². The number of hydrogen-bond donors (Lipinski definition) is 1. The summed E-state index contributed by atoms with van der Waals surface area (Å²) in [6, 6.07) is 10.0. The highest BCUT2D eigenvalue weighted by Gasteiger charge is 2.33. The largest absolute Gasteiger partial charge is 0.396 e. The lowest BCUT2D eigenvalue weighted by Crippen LogP contribution is -2.44. The van der Waals surface area contributed by atoms with E-state index in [4.69, 9.17) is 5.26 Å². The Morgan fingerprint density at radius 2 is 2.25 bits per heavy atom. The molecule has 1 aliphatic rings. The van der Waals surface area contributed by atoms with E-state index in [1.54, 1.807) is 0 Å². The first-order chi connectivity index (χ1) is 9.73. The van der Waals surface area contributed by atoms with Gasteiger partial charge in [-0.2, -0.15) is 5.26 Å². The molecule has 0 saturated carbocycles. The van der Waals surface area contributed by atoms with Crippen LogP contribution in [0.15, 0.2) is 36.9 Å². The van der Waals surface area contributed by atoms with Crippen LogP contribution in [0.5, 0.6) is 0 Å². The molecule has 0 bridgehead atoms. The topological polar surface area (TPSA) is 47.3 Å². The molecule has 1 aliphatic heterocycles. The van der Waals surface area contributed by atoms with Crippen molar-refractivity contribution in [2.24, 2.45) is 5.41 Å². The van der Waals surface area contributed by atoms with Gasteiger partial charge in [0.15, 0.2) is 0 Å². The average Bonchev–Trinajstić information content (AvgIpc) is 2.48. The van der Waals surface area contributed by atoms with Gasteiger partial charge in [-0.05, 0) is 37.4 Å². The zero-order valence-corrected chi connectivity index (χ0v) is 11.9. The second kappa shape index (κ2) is 6.69. The summed E-state index contributed by atoms with van der Waals surface area (Å²) in [7, 11) is 0. The molecular weight excluding hydrogens is 248 g/mol. The van der Waals surface area contributed by atoms with E-state index in [2.05, 4.69) is 17.5 Å². The molecule has 0 spiro atoms. The van der Waals surface area contributed by atoms with Gasteiger partial charge in [0.25, 0.3) is 0 Å². The lowest BCUT2D eigenvalue weighted by Gasteiger charge is -2.41. The maximum absolute atomic E-state index is 9.73. The third kappa shape index (κ3) is 3.27. The lowest BCUT2D eigenvalue weighted by atomic mass is 9.77. The van der Waals surface area contributed by atoms with Crippen LogP contribution in [-0.4, -0.2) is 29.7 Å². The van der Waals surface area contributed by atoms with E-state index in [1.807, 2.05) is 30.3 Å². The number of piperidine rings is 1. The zero-order chi connectivity index (χ0) is 14.4. The van der Waals surface area contributed by atoms with Gasteiger partial charge in [0.1, 0.15) is 0 Å². The van der Waals surface area contributed by atoms with Gasteiger partial charge in [0, 0.05) is 18.5 Å². The van der Waals surface area contributed by atoms with Crippen molar-refractivity contribution >= 4 is 0 Å². The van der Waals surface area contributed by atoms with Crippen LogP contribution in [0.25, 0.3) is 0 Å². The molecule has 0 aromatic heterocycles. The molecule has 3 nitrogen and oxygen atoms in total. The fourth-order valence-electron chi connectivity index (χ4n) is 3.12. The van der Waals surface area contributed by atoms with Gasteiger partial charge in [-0.15, -0.1) is 6.58 Å². The maximum Gasteiger partial charge on any atom is 0.0995 e. The van der Waals surface area contributed by atoms with E-state index in [1.165, 1.54) is 0 Å². The van der Waals surface area contributed by atoms with Gasteiger partial charge in [-0.25, -0.2) is 0 Å². The van der Waals surface area contributed by atoms with Gasteiger partial charge >= 0.3 is 0 Å². The van der Waals surface area contributed by atoms with E-state index in [9.17, 15) is 5.11 Å². The number of hydrogen-bond acceptors (Lipinski definition) is 3. The van der Waals surface area contributed by atoms with Crippen molar-refractivity contribution < 1.29 is 5.11 Å². The number of nitriles is 1. The Labute approximate surface area is 121 Å². The lowest BCUT2D eigenvalue weighted by molar-refractivity contribution is 0.0309. The van der Waals surface area contributed by atoms with E-state index in [0.717, 1.165) is 50.0 Å². The summed E-state index contributed by atoms with van der Waals surface area (Å²) in [6.45, 7) is 6.69. The van der Waals surface area contributed by atoms with Crippen LogP contribution in [0.1, 0.15) is 30.4 Å². The van der Waals surface area contributed by atoms with Gasteiger partial charge in [-0.1, -0.05) is 24.3 Å². The van der Waals surface area contributed by atoms with Gasteiger partial charge < -0.3 is 5.11 Å². The number of allylic oxidation sites excluding steroid dienone is 1. The van der Waals surface area contributed by atoms with Crippen molar-refractivity contribution in [2.45, 2.75) is 25.8 Å². The minimum Gasteiger partial charge on any atom is -0.396 e. The molecule has 0 amide bonds. The third-order valence-electron chi connectivity index (χ3n) is 4.18. The molecule has 0 aliphatic carbocycles. The number of likely N-dealkylation sites (tertiary alicyclic amines) is 1. The Bertz CT molecular complexity index is 506. The summed E-state index contributed by atoms with van der Waals surface area (Å²) < 4.78 is 0. The third-order valence-corrected chi connectivity index (χ3v) is 4.18. The fourth-order valence-corrected chi connectivity index (χ4v) is 3.12. The summed E-state index contributed by atoms with van der Waals surface area (Å²) in [5, 5.41) is 18.9. The van der Waals surface area contributed by atoms with Crippen molar-refractivity contribution in [1.82, 2.24) is 4.90 Å². The van der Waals surface area contributed by atoms with Crippen molar-refractivity contribution in [1.29, 1.82) is 5.26 Å². The Morgan fingerprint density at radius 3 is 2.95 bits per heavy atom. The molecule has 2 rings (SSSR count). The Morgan fingerprint density at radius 1 is 1.45 bits per heavy atom. The second-order valence-corrected chi connectivity index (χ2v) is 5.73. The molecule has 1 atom stereocenters. The first-order valence-corrected chi connectivity index (χ1v) is 7.15. The highest BCUT2D eigenvalue weighted by Crippen LogP contribution is 2.34. The molecule has 0 radical (unpaired) electrons. The van der Waals surface area contributed by atoms with Crippen LogP contribution in [0, 0.1) is 16.7 Å². The maximum atomic E-state index is 9.73. The minimum atomic E-state index is -0.0540. The second-order valence-electron chi connectivity index (χ2n) is 5.73. The number of aliphatic hydroxyl groups is 1. The fraction of sp³-hybridized carbons (Fsp3) is 0.471. The molecular formula is C17H22N2O. The van der Waals surface area contributed by atoms with Crippen LogP contribution < -0.4 is 0 Å². The smallest absolute Gasteiger partial charge is 0.0995 e. The highest BCUT2D eigenvalue weighted by molar-refractivity contribution is 5.37. The normalized spacial score (nSPS) is 23.2. The molecule has 1 aromatic carbocycles. The number of nitrogens with zero attached hydrogens (tertiary/aromatic N) is 2. The first-order valence-electron chi connectivity index (χ1n) is 7.15. The summed E-state index contributed by atoms with van der Waals surface area (Å²) >= 11 is 0. The van der Waals surface area contributed by atoms with Crippen LogP contribution in [0.4, 0.5) is 0 Å². The molecule has 1 heterocycles. The molecule has 0 unspecified atom stereocenters. The Kier molecular flexibility index (Phi) is 4.94. The SMILES string of the molecule is C=CC[C@]1(CO)CCCN(Cc2ccccc2C#N)C1. The Balaban J connectivity index is 2.10. The average molecular weight is 270 g/mol. The van der Waals surface area contributed by atoms with Crippen molar-refractivity contribution in [3.8, 4) is 6.07 Å². The molecule has 20 heavy (non-hydrogen) atoms. The molecule has 106 valence electrons. The van der Waals surface area contributed by atoms with Crippen LogP contribution in [0.3, 0.4) is 0 Å². The first kappa shape index (κ1) is 14.8. The summed E-state index contributed by atoms with van der Waals surface area (Å²) in [5.74, 6) is 0. The van der Waals surface area contributed by atoms with Crippen LogP contribution >= 0.6 is 0 Å². The van der Waals surface area contributed by atoms with E-state index in [-0.39, 0.29) is 12.0 Å². The van der Waals surface area contributed by atoms with Crippen molar-refractivity contribution in [3.05, 3.63) is 48.0 Å². The van der Waals surface area contributed by atoms with Gasteiger partial charge in [0.05, 0.1) is 18.2 Å². The molecule has 1 N–H and O–H groups in total. The Hall–Kier alpha value is -1.63. The predicted octanol–water partition coefficient (Wildman–Crippen LogP) is 2.71. The molecule has 1 aromatic rings. The summed E-state index contributed by atoms with van der Waals surface area (Å²) in [4.78, 5) is 2.35. The number of rotatable bonds is 5. The minimum absolute atomic E-state index is 0.0540. The number of aliphatic hydroxyl groups excluding tert-OH is 1. The van der Waals surface area contributed by atoms with E-state index < -0.39 is 0 Å². The van der Waals surface area contributed by atoms with Crippen LogP contribution in [0.2, 0.25) is 0 Å². The number of benzene rings is 1. The summed E-state index contributed by atoms with van der Waals surface area (Å²) in [5.41, 5.74) is 1.76. The molecule has 1 saturated heterocycles. The van der Waals surface area contributed by atoms with E-state index in [0.29, 0.717) is 0 Å².